The lowest BCUT2D eigenvalue weighted by atomic mass is 9.94. The average molecular weight is 341 g/mol. The van der Waals surface area contributed by atoms with Crippen molar-refractivity contribution in [3.05, 3.63) is 35.9 Å². The smallest absolute Gasteiger partial charge is 0.264 e. The van der Waals surface area contributed by atoms with E-state index in [1.165, 1.54) is 11.8 Å². The normalized spacial score (nSPS) is 26.7. The molecule has 1 aliphatic carbocycles. The Hall–Kier alpha value is -0.653. The topological polar surface area (TPSA) is 43.4 Å². The molecule has 0 bridgehead atoms. The van der Waals surface area contributed by atoms with Gasteiger partial charge in [0.15, 0.2) is 0 Å². The lowest BCUT2D eigenvalue weighted by Crippen LogP contribution is -2.30. The summed E-state index contributed by atoms with van der Waals surface area (Å²) in [5.41, 5.74) is 1.32. The highest BCUT2D eigenvalue weighted by Gasteiger charge is 2.62. The van der Waals surface area contributed by atoms with E-state index in [1.54, 1.807) is 0 Å². The lowest BCUT2D eigenvalue weighted by molar-refractivity contribution is 0.172. The number of benzene rings is 1. The summed E-state index contributed by atoms with van der Waals surface area (Å²) in [4.78, 5) is 0. The molecule has 1 saturated carbocycles. The quantitative estimate of drug-likeness (QED) is 0.546. The summed E-state index contributed by atoms with van der Waals surface area (Å²) in [5, 5.41) is 0. The van der Waals surface area contributed by atoms with Gasteiger partial charge < -0.3 is 0 Å². The van der Waals surface area contributed by atoms with Crippen molar-refractivity contribution in [3.63, 3.8) is 0 Å². The summed E-state index contributed by atoms with van der Waals surface area (Å²) in [5.74, 6) is 0.420. The molecule has 0 aromatic heterocycles. The monoisotopic (exact) mass is 340 g/mol. The predicted molar refractivity (Wildman–Crippen MR) is 94.5 cm³/mol. The van der Waals surface area contributed by atoms with Gasteiger partial charge in [-0.2, -0.15) is 8.42 Å². The Morgan fingerprint density at radius 3 is 2.32 bits per heavy atom. The highest BCUT2D eigenvalue weighted by Crippen LogP contribution is 2.61. The molecule has 3 atom stereocenters. The van der Waals surface area contributed by atoms with Gasteiger partial charge in [-0.15, -0.1) is 0 Å². The molecule has 0 aliphatic heterocycles. The standard InChI is InChI=1S/C17H28O3SSi/c1-14(15-9-7-6-8-10-15)11-12-17(20-21(2,18)19)13-16(17)22(3,4)5/h6-10,14,16H,11-13H2,1-5H3/t14?,16-,17-/m1/s1. The van der Waals surface area contributed by atoms with E-state index in [2.05, 4.69) is 50.8 Å². The van der Waals surface area contributed by atoms with Crippen LogP contribution in [0.2, 0.25) is 25.2 Å². The van der Waals surface area contributed by atoms with Gasteiger partial charge in [-0.05, 0) is 36.3 Å². The molecule has 1 aromatic carbocycles. The zero-order valence-corrected chi connectivity index (χ0v) is 16.1. The first-order valence-electron chi connectivity index (χ1n) is 7.99. The Kier molecular flexibility index (Phi) is 4.90. The molecule has 0 spiro atoms. The molecule has 0 amide bonds. The third kappa shape index (κ3) is 4.43. The Morgan fingerprint density at radius 2 is 1.86 bits per heavy atom. The third-order valence-corrected chi connectivity index (χ3v) is 8.21. The van der Waals surface area contributed by atoms with Gasteiger partial charge in [0.25, 0.3) is 10.1 Å². The molecule has 5 heteroatoms. The second kappa shape index (κ2) is 6.10. The van der Waals surface area contributed by atoms with Crippen molar-refractivity contribution in [3.8, 4) is 0 Å². The van der Waals surface area contributed by atoms with Gasteiger partial charge in [-0.25, -0.2) is 0 Å². The van der Waals surface area contributed by atoms with Gasteiger partial charge in [0.1, 0.15) is 0 Å². The van der Waals surface area contributed by atoms with Gasteiger partial charge in [0.05, 0.1) is 19.9 Å². The van der Waals surface area contributed by atoms with E-state index < -0.39 is 23.8 Å². The van der Waals surface area contributed by atoms with Crippen LogP contribution in [0.25, 0.3) is 0 Å². The van der Waals surface area contributed by atoms with Gasteiger partial charge >= 0.3 is 0 Å². The van der Waals surface area contributed by atoms with E-state index in [0.29, 0.717) is 11.5 Å². The third-order valence-electron chi connectivity index (χ3n) is 4.76. The average Bonchev–Trinajstić information content (AvgIpc) is 3.10. The lowest BCUT2D eigenvalue weighted by Gasteiger charge is -2.24. The minimum atomic E-state index is -3.40. The molecule has 124 valence electrons. The Balaban J connectivity index is 2.06. The summed E-state index contributed by atoms with van der Waals surface area (Å²) in [6.45, 7) is 9.10. The van der Waals surface area contributed by atoms with Crippen molar-refractivity contribution in [2.24, 2.45) is 0 Å². The molecular formula is C17H28O3SSi. The minimum absolute atomic E-state index is 0.420. The maximum Gasteiger partial charge on any atom is 0.264 e. The van der Waals surface area contributed by atoms with E-state index in [0.717, 1.165) is 19.3 Å². The van der Waals surface area contributed by atoms with Crippen LogP contribution in [-0.2, 0) is 14.3 Å². The van der Waals surface area contributed by atoms with Gasteiger partial charge in [-0.3, -0.25) is 4.18 Å². The largest absolute Gasteiger partial charge is 0.264 e. The van der Waals surface area contributed by atoms with Crippen LogP contribution in [0, 0.1) is 0 Å². The molecule has 22 heavy (non-hydrogen) atoms. The van der Waals surface area contributed by atoms with Crippen LogP contribution in [0.3, 0.4) is 0 Å². The second-order valence-corrected chi connectivity index (χ2v) is 14.8. The molecule has 1 fully saturated rings. The summed E-state index contributed by atoms with van der Waals surface area (Å²) in [6, 6.07) is 10.4. The molecule has 0 N–H and O–H groups in total. The zero-order valence-electron chi connectivity index (χ0n) is 14.3. The fraction of sp³-hybridized carbons (Fsp3) is 0.647. The fourth-order valence-electron chi connectivity index (χ4n) is 3.50. The summed E-state index contributed by atoms with van der Waals surface area (Å²) in [7, 11) is -4.80. The maximum absolute atomic E-state index is 11.7. The predicted octanol–water partition coefficient (Wildman–Crippen LogP) is 4.40. The first-order chi connectivity index (χ1) is 10.0. The van der Waals surface area contributed by atoms with Crippen molar-refractivity contribution >= 4 is 18.2 Å². The van der Waals surface area contributed by atoms with Crippen LogP contribution >= 0.6 is 0 Å². The van der Waals surface area contributed by atoms with Gasteiger partial charge in [0.2, 0.25) is 0 Å². The van der Waals surface area contributed by atoms with Gasteiger partial charge in [0, 0.05) is 0 Å². The van der Waals surface area contributed by atoms with E-state index in [-0.39, 0.29) is 0 Å². The zero-order chi connectivity index (χ0) is 16.6. The number of hydrogen-bond acceptors (Lipinski definition) is 3. The SMILES string of the molecule is CC(CC[C@@]1(OS(C)(=O)=O)C[C@H]1[Si](C)(C)C)c1ccccc1. The van der Waals surface area contributed by atoms with E-state index >= 15 is 0 Å². The van der Waals surface area contributed by atoms with E-state index in [9.17, 15) is 8.42 Å². The van der Waals surface area contributed by atoms with Gasteiger partial charge in [-0.1, -0.05) is 56.9 Å². The molecule has 1 aliphatic rings. The molecule has 0 saturated heterocycles. The highest BCUT2D eigenvalue weighted by atomic mass is 32.2. The van der Waals surface area contributed by atoms with Crippen molar-refractivity contribution < 1.29 is 12.6 Å². The van der Waals surface area contributed by atoms with Crippen LogP contribution in [-0.4, -0.2) is 28.3 Å². The van der Waals surface area contributed by atoms with Crippen LogP contribution in [0.4, 0.5) is 0 Å². The highest BCUT2D eigenvalue weighted by molar-refractivity contribution is 7.86. The molecule has 0 heterocycles. The van der Waals surface area contributed by atoms with E-state index in [1.807, 2.05) is 6.07 Å². The molecule has 2 rings (SSSR count). The molecule has 0 radical (unpaired) electrons. The number of hydrogen-bond donors (Lipinski definition) is 0. The minimum Gasteiger partial charge on any atom is -0.264 e. The second-order valence-electron chi connectivity index (χ2n) is 7.83. The maximum atomic E-state index is 11.7. The molecule has 1 unspecified atom stereocenters. The summed E-state index contributed by atoms with van der Waals surface area (Å²) >= 11 is 0. The van der Waals surface area contributed by atoms with Crippen LogP contribution in [0.15, 0.2) is 30.3 Å². The number of rotatable bonds is 7. The Morgan fingerprint density at radius 1 is 1.27 bits per heavy atom. The van der Waals surface area contributed by atoms with Crippen molar-refractivity contribution in [2.45, 2.75) is 62.9 Å². The van der Waals surface area contributed by atoms with Crippen molar-refractivity contribution in [1.29, 1.82) is 0 Å². The molecule has 3 nitrogen and oxygen atoms in total. The van der Waals surface area contributed by atoms with E-state index in [4.69, 9.17) is 4.18 Å². The van der Waals surface area contributed by atoms with Crippen LogP contribution < -0.4 is 0 Å². The van der Waals surface area contributed by atoms with Crippen LogP contribution in [0.5, 0.6) is 0 Å². The first-order valence-corrected chi connectivity index (χ1v) is 13.4. The van der Waals surface area contributed by atoms with Crippen LogP contribution in [0.1, 0.15) is 37.7 Å². The summed E-state index contributed by atoms with van der Waals surface area (Å²) < 4.78 is 28.9. The summed E-state index contributed by atoms with van der Waals surface area (Å²) in [6.07, 6.45) is 3.86. The Labute approximate surface area is 136 Å². The van der Waals surface area contributed by atoms with Crippen molar-refractivity contribution in [1.82, 2.24) is 0 Å². The first kappa shape index (κ1) is 17.7. The Bertz CT molecular complexity index is 607. The molecule has 1 aromatic rings. The van der Waals surface area contributed by atoms with Crippen molar-refractivity contribution in [2.75, 3.05) is 6.26 Å². The fourth-order valence-corrected chi connectivity index (χ4v) is 7.20. The molecular weight excluding hydrogens is 312 g/mol.